The average Bonchev–Trinajstić information content (AvgIpc) is 2.39. The molecule has 0 bridgehead atoms. The van der Waals surface area contributed by atoms with E-state index >= 15 is 0 Å². The molecule has 92 valence electrons. The van der Waals surface area contributed by atoms with Gasteiger partial charge in [-0.15, -0.1) is 11.8 Å². The van der Waals surface area contributed by atoms with Crippen molar-refractivity contribution in [3.8, 4) is 0 Å². The number of hydrogen-bond donors (Lipinski definition) is 0. The van der Waals surface area contributed by atoms with Crippen molar-refractivity contribution < 1.29 is 9.18 Å². The highest BCUT2D eigenvalue weighted by molar-refractivity contribution is 7.98. The molecule has 18 heavy (non-hydrogen) atoms. The van der Waals surface area contributed by atoms with Gasteiger partial charge < -0.3 is 0 Å². The van der Waals surface area contributed by atoms with E-state index in [4.69, 9.17) is 11.6 Å². The Morgan fingerprint density at radius 2 is 1.89 bits per heavy atom. The smallest absolute Gasteiger partial charge is 0.150 e. The summed E-state index contributed by atoms with van der Waals surface area (Å²) in [4.78, 5) is 11.0. The van der Waals surface area contributed by atoms with E-state index in [1.165, 1.54) is 17.8 Å². The first kappa shape index (κ1) is 13.1. The van der Waals surface area contributed by atoms with Gasteiger partial charge in [0.1, 0.15) is 12.1 Å². The standard InChI is InChI=1S/C14H10ClFOS/c15-12-4-1-10(2-5-12)9-18-14-6-3-11(8-17)7-13(14)16/h1-8H,9H2. The van der Waals surface area contributed by atoms with Crippen molar-refractivity contribution in [1.29, 1.82) is 0 Å². The molecule has 2 aromatic rings. The van der Waals surface area contributed by atoms with Gasteiger partial charge >= 0.3 is 0 Å². The van der Waals surface area contributed by atoms with Gasteiger partial charge in [0, 0.05) is 21.2 Å². The molecule has 4 heteroatoms. The number of rotatable bonds is 4. The molecule has 0 fully saturated rings. The SMILES string of the molecule is O=Cc1ccc(SCc2ccc(Cl)cc2)c(F)c1. The van der Waals surface area contributed by atoms with Crippen molar-refractivity contribution in [2.75, 3.05) is 0 Å². The van der Waals surface area contributed by atoms with Crippen LogP contribution in [-0.4, -0.2) is 6.29 Å². The Morgan fingerprint density at radius 3 is 2.50 bits per heavy atom. The van der Waals surface area contributed by atoms with E-state index in [0.29, 0.717) is 27.5 Å². The maximum absolute atomic E-state index is 13.6. The molecule has 0 aliphatic heterocycles. The number of benzene rings is 2. The summed E-state index contributed by atoms with van der Waals surface area (Å²) in [5, 5.41) is 0.685. The van der Waals surface area contributed by atoms with E-state index in [1.54, 1.807) is 12.1 Å². The van der Waals surface area contributed by atoms with Gasteiger partial charge in [0.2, 0.25) is 0 Å². The van der Waals surface area contributed by atoms with Crippen molar-refractivity contribution in [2.45, 2.75) is 10.6 Å². The van der Waals surface area contributed by atoms with Crippen LogP contribution in [0.4, 0.5) is 4.39 Å². The van der Waals surface area contributed by atoms with Gasteiger partial charge in [-0.25, -0.2) is 4.39 Å². The lowest BCUT2D eigenvalue weighted by atomic mass is 10.2. The fourth-order valence-corrected chi connectivity index (χ4v) is 2.45. The third-order valence-electron chi connectivity index (χ3n) is 2.40. The summed E-state index contributed by atoms with van der Waals surface area (Å²) in [6.45, 7) is 0. The number of carbonyl (C=O) groups is 1. The molecule has 0 N–H and O–H groups in total. The maximum atomic E-state index is 13.6. The lowest BCUT2D eigenvalue weighted by molar-refractivity contribution is 0.112. The van der Waals surface area contributed by atoms with Gasteiger partial charge in [0.25, 0.3) is 0 Å². The van der Waals surface area contributed by atoms with E-state index < -0.39 is 0 Å². The molecule has 0 amide bonds. The van der Waals surface area contributed by atoms with Crippen LogP contribution in [-0.2, 0) is 5.75 Å². The van der Waals surface area contributed by atoms with Crippen LogP contribution in [0.25, 0.3) is 0 Å². The van der Waals surface area contributed by atoms with Crippen LogP contribution in [0.1, 0.15) is 15.9 Å². The molecule has 0 saturated heterocycles. The predicted molar refractivity (Wildman–Crippen MR) is 72.8 cm³/mol. The second-order valence-corrected chi connectivity index (χ2v) is 5.18. The van der Waals surface area contributed by atoms with Crippen LogP contribution < -0.4 is 0 Å². The summed E-state index contributed by atoms with van der Waals surface area (Å²) in [5.74, 6) is 0.299. The number of halogens is 2. The highest BCUT2D eigenvalue weighted by Gasteiger charge is 2.04. The summed E-state index contributed by atoms with van der Waals surface area (Å²) in [7, 11) is 0. The first-order valence-corrected chi connectivity index (χ1v) is 6.67. The van der Waals surface area contributed by atoms with Crippen molar-refractivity contribution in [2.24, 2.45) is 0 Å². The molecule has 0 aromatic heterocycles. The third kappa shape index (κ3) is 3.34. The molecule has 0 aliphatic rings. The molecule has 0 saturated carbocycles. The zero-order valence-electron chi connectivity index (χ0n) is 9.40. The van der Waals surface area contributed by atoms with Crippen LogP contribution in [0.5, 0.6) is 0 Å². The summed E-state index contributed by atoms with van der Waals surface area (Å²) in [6, 6.07) is 11.9. The van der Waals surface area contributed by atoms with Crippen LogP contribution in [0.3, 0.4) is 0 Å². The van der Waals surface area contributed by atoms with Gasteiger partial charge in [-0.1, -0.05) is 29.8 Å². The average molecular weight is 281 g/mol. The van der Waals surface area contributed by atoms with E-state index in [0.717, 1.165) is 5.56 Å². The predicted octanol–water partition coefficient (Wildman–Crippen LogP) is 4.58. The van der Waals surface area contributed by atoms with Crippen molar-refractivity contribution in [1.82, 2.24) is 0 Å². The number of carbonyl (C=O) groups excluding carboxylic acids is 1. The van der Waals surface area contributed by atoms with Crippen LogP contribution in [0, 0.1) is 5.82 Å². The fraction of sp³-hybridized carbons (Fsp3) is 0.0714. The zero-order valence-corrected chi connectivity index (χ0v) is 11.0. The summed E-state index contributed by atoms with van der Waals surface area (Å²) in [6.07, 6.45) is 0.636. The fourth-order valence-electron chi connectivity index (χ4n) is 1.45. The highest BCUT2D eigenvalue weighted by atomic mass is 35.5. The van der Waals surface area contributed by atoms with Gasteiger partial charge in [-0.3, -0.25) is 4.79 Å². The Kier molecular flexibility index (Phi) is 4.39. The highest BCUT2D eigenvalue weighted by Crippen LogP contribution is 2.26. The van der Waals surface area contributed by atoms with Gasteiger partial charge in [0.05, 0.1) is 0 Å². The molecular weight excluding hydrogens is 271 g/mol. The Morgan fingerprint density at radius 1 is 1.17 bits per heavy atom. The topological polar surface area (TPSA) is 17.1 Å². The first-order chi connectivity index (χ1) is 8.69. The Hall–Kier alpha value is -1.32. The number of aldehydes is 1. The van der Waals surface area contributed by atoms with Gasteiger partial charge in [-0.2, -0.15) is 0 Å². The minimum absolute atomic E-state index is 0.350. The third-order valence-corrected chi connectivity index (χ3v) is 3.77. The molecule has 0 spiro atoms. The summed E-state index contributed by atoms with van der Waals surface area (Å²) >= 11 is 7.18. The molecule has 2 aromatic carbocycles. The number of hydrogen-bond acceptors (Lipinski definition) is 2. The molecule has 0 heterocycles. The molecule has 0 aliphatic carbocycles. The van der Waals surface area contributed by atoms with Crippen molar-refractivity contribution >= 4 is 29.6 Å². The Bertz CT molecular complexity index is 554. The van der Waals surface area contributed by atoms with Crippen LogP contribution in [0.15, 0.2) is 47.4 Å². The molecule has 1 nitrogen and oxygen atoms in total. The molecule has 0 atom stereocenters. The second-order valence-electron chi connectivity index (χ2n) is 3.72. The van der Waals surface area contributed by atoms with E-state index in [2.05, 4.69) is 0 Å². The molecule has 0 radical (unpaired) electrons. The normalized spacial score (nSPS) is 10.3. The second kappa shape index (κ2) is 6.03. The van der Waals surface area contributed by atoms with Crippen molar-refractivity contribution in [3.05, 3.63) is 64.4 Å². The lowest BCUT2D eigenvalue weighted by Gasteiger charge is -2.04. The first-order valence-electron chi connectivity index (χ1n) is 5.31. The minimum Gasteiger partial charge on any atom is -0.298 e. The minimum atomic E-state index is -0.362. The van der Waals surface area contributed by atoms with E-state index in [1.807, 2.05) is 24.3 Å². The number of thioether (sulfide) groups is 1. The van der Waals surface area contributed by atoms with Gasteiger partial charge in [-0.05, 0) is 29.8 Å². The Labute approximate surface area is 114 Å². The van der Waals surface area contributed by atoms with E-state index in [9.17, 15) is 9.18 Å². The van der Waals surface area contributed by atoms with Gasteiger partial charge in [0.15, 0.2) is 0 Å². The zero-order chi connectivity index (χ0) is 13.0. The maximum Gasteiger partial charge on any atom is 0.150 e. The van der Waals surface area contributed by atoms with Crippen LogP contribution >= 0.6 is 23.4 Å². The van der Waals surface area contributed by atoms with Crippen LogP contribution in [0.2, 0.25) is 5.02 Å². The molecule has 2 rings (SSSR count). The molecular formula is C14H10ClFOS. The van der Waals surface area contributed by atoms with Crippen molar-refractivity contribution in [3.63, 3.8) is 0 Å². The monoisotopic (exact) mass is 280 g/mol. The summed E-state index contributed by atoms with van der Waals surface area (Å²) in [5.41, 5.74) is 1.42. The molecule has 0 unspecified atom stereocenters. The lowest BCUT2D eigenvalue weighted by Crippen LogP contribution is -1.87. The largest absolute Gasteiger partial charge is 0.298 e. The van der Waals surface area contributed by atoms with E-state index in [-0.39, 0.29) is 5.82 Å². The summed E-state index contributed by atoms with van der Waals surface area (Å²) < 4.78 is 13.6. The quantitative estimate of drug-likeness (QED) is 0.602. The Balaban J connectivity index is 2.06.